The summed E-state index contributed by atoms with van der Waals surface area (Å²) in [6, 6.07) is 5.86. The minimum atomic E-state index is -0.487. The van der Waals surface area contributed by atoms with E-state index in [4.69, 9.17) is 4.74 Å². The second-order valence-electron chi connectivity index (χ2n) is 4.86. The van der Waals surface area contributed by atoms with Crippen LogP contribution in [0.15, 0.2) is 24.3 Å². The molecule has 0 N–H and O–H groups in total. The van der Waals surface area contributed by atoms with Gasteiger partial charge in [-0.15, -0.1) is 0 Å². The molecular weight excluding hydrogens is 274 g/mol. The van der Waals surface area contributed by atoms with E-state index in [1.807, 2.05) is 0 Å². The molecular formula is C14H19N3O4. The highest BCUT2D eigenvalue weighted by atomic mass is 16.6. The number of nitro benzene ring substituents is 1. The Hall–Kier alpha value is -2.15. The lowest BCUT2D eigenvalue weighted by Crippen LogP contribution is -2.49. The van der Waals surface area contributed by atoms with E-state index >= 15 is 0 Å². The molecule has 0 aromatic heterocycles. The molecule has 7 heteroatoms. The standard InChI is InChI=1S/C14H19N3O4/c1-2-15-6-8-16(9-7-15)14(18)11-21-13-5-3-4-12(10-13)17(19)20/h3-5,10H,2,6-9,11H2,1H3. The number of carbonyl (C=O) groups excluding carboxylic acids is 1. The SMILES string of the molecule is CCN1CCN(C(=O)COc2cccc([N+](=O)[O-])c2)CC1. The van der Waals surface area contributed by atoms with Crippen molar-refractivity contribution in [2.45, 2.75) is 6.92 Å². The monoisotopic (exact) mass is 293 g/mol. The lowest BCUT2D eigenvalue weighted by Gasteiger charge is -2.33. The first-order valence-corrected chi connectivity index (χ1v) is 6.97. The second kappa shape index (κ2) is 7.03. The van der Waals surface area contributed by atoms with E-state index in [2.05, 4.69) is 11.8 Å². The lowest BCUT2D eigenvalue weighted by atomic mass is 10.3. The molecule has 21 heavy (non-hydrogen) atoms. The van der Waals surface area contributed by atoms with E-state index in [1.165, 1.54) is 18.2 Å². The maximum atomic E-state index is 12.0. The van der Waals surface area contributed by atoms with Crippen LogP contribution in [0.2, 0.25) is 0 Å². The van der Waals surface area contributed by atoms with Gasteiger partial charge in [0.1, 0.15) is 5.75 Å². The highest BCUT2D eigenvalue weighted by molar-refractivity contribution is 5.77. The number of hydrogen-bond acceptors (Lipinski definition) is 5. The van der Waals surface area contributed by atoms with Crippen molar-refractivity contribution in [2.75, 3.05) is 39.3 Å². The van der Waals surface area contributed by atoms with E-state index in [9.17, 15) is 14.9 Å². The number of carbonyl (C=O) groups is 1. The van der Waals surface area contributed by atoms with Crippen LogP contribution in [-0.4, -0.2) is 60.0 Å². The van der Waals surface area contributed by atoms with Gasteiger partial charge in [-0.3, -0.25) is 14.9 Å². The minimum absolute atomic E-state index is 0.0449. The van der Waals surface area contributed by atoms with Crippen LogP contribution in [-0.2, 0) is 4.79 Å². The van der Waals surface area contributed by atoms with Crippen LogP contribution >= 0.6 is 0 Å². The van der Waals surface area contributed by atoms with Crippen molar-refractivity contribution in [3.8, 4) is 5.75 Å². The Balaban J connectivity index is 1.84. The third kappa shape index (κ3) is 4.16. The molecule has 7 nitrogen and oxygen atoms in total. The summed E-state index contributed by atoms with van der Waals surface area (Å²) in [5.41, 5.74) is -0.0449. The summed E-state index contributed by atoms with van der Waals surface area (Å²) in [4.78, 5) is 26.3. The maximum Gasteiger partial charge on any atom is 0.273 e. The first kappa shape index (κ1) is 15.2. The van der Waals surface area contributed by atoms with E-state index in [0.717, 1.165) is 19.6 Å². The lowest BCUT2D eigenvalue weighted by molar-refractivity contribution is -0.384. The first-order valence-electron chi connectivity index (χ1n) is 6.97. The van der Waals surface area contributed by atoms with Crippen molar-refractivity contribution in [1.82, 2.24) is 9.80 Å². The highest BCUT2D eigenvalue weighted by Gasteiger charge is 2.20. The normalized spacial score (nSPS) is 15.8. The summed E-state index contributed by atoms with van der Waals surface area (Å²) >= 11 is 0. The van der Waals surface area contributed by atoms with E-state index in [1.54, 1.807) is 11.0 Å². The fourth-order valence-corrected chi connectivity index (χ4v) is 2.24. The highest BCUT2D eigenvalue weighted by Crippen LogP contribution is 2.19. The van der Waals surface area contributed by atoms with Gasteiger partial charge < -0.3 is 14.5 Å². The molecule has 1 aliphatic heterocycles. The van der Waals surface area contributed by atoms with Crippen LogP contribution < -0.4 is 4.74 Å². The summed E-state index contributed by atoms with van der Waals surface area (Å²) in [6.07, 6.45) is 0. The number of hydrogen-bond donors (Lipinski definition) is 0. The molecule has 1 saturated heterocycles. The van der Waals surface area contributed by atoms with Crippen molar-refractivity contribution >= 4 is 11.6 Å². The third-order valence-electron chi connectivity index (χ3n) is 3.56. The quantitative estimate of drug-likeness (QED) is 0.601. The van der Waals surface area contributed by atoms with Crippen LogP contribution in [0.3, 0.4) is 0 Å². The zero-order chi connectivity index (χ0) is 15.2. The average molecular weight is 293 g/mol. The smallest absolute Gasteiger partial charge is 0.273 e. The third-order valence-corrected chi connectivity index (χ3v) is 3.56. The molecule has 1 aliphatic rings. The van der Waals surface area contributed by atoms with Crippen LogP contribution in [0.25, 0.3) is 0 Å². The number of ether oxygens (including phenoxy) is 1. The van der Waals surface area contributed by atoms with Crippen molar-refractivity contribution in [3.05, 3.63) is 34.4 Å². The maximum absolute atomic E-state index is 12.0. The molecule has 0 spiro atoms. The van der Waals surface area contributed by atoms with Gasteiger partial charge in [0.05, 0.1) is 11.0 Å². The number of rotatable bonds is 5. The van der Waals surface area contributed by atoms with Crippen LogP contribution in [0, 0.1) is 10.1 Å². The number of piperazine rings is 1. The van der Waals surface area contributed by atoms with Crippen LogP contribution in [0.1, 0.15) is 6.92 Å². The zero-order valence-corrected chi connectivity index (χ0v) is 12.0. The zero-order valence-electron chi connectivity index (χ0n) is 12.0. The van der Waals surface area contributed by atoms with Gasteiger partial charge in [-0.25, -0.2) is 0 Å². The molecule has 0 saturated carbocycles. The van der Waals surface area contributed by atoms with Crippen LogP contribution in [0.4, 0.5) is 5.69 Å². The number of nitrogens with zero attached hydrogens (tertiary/aromatic N) is 3. The number of benzene rings is 1. The Morgan fingerprint density at radius 2 is 2.05 bits per heavy atom. The summed E-state index contributed by atoms with van der Waals surface area (Å²) < 4.78 is 5.36. The summed E-state index contributed by atoms with van der Waals surface area (Å²) in [6.45, 7) is 6.15. The number of nitro groups is 1. The molecule has 0 atom stereocenters. The van der Waals surface area contributed by atoms with Gasteiger partial charge in [-0.1, -0.05) is 13.0 Å². The largest absolute Gasteiger partial charge is 0.484 e. The molecule has 1 heterocycles. The predicted molar refractivity (Wildman–Crippen MR) is 77.3 cm³/mol. The minimum Gasteiger partial charge on any atom is -0.484 e. The number of non-ortho nitro benzene ring substituents is 1. The summed E-state index contributed by atoms with van der Waals surface area (Å²) in [7, 11) is 0. The average Bonchev–Trinajstić information content (AvgIpc) is 2.53. The summed E-state index contributed by atoms with van der Waals surface area (Å²) in [5.74, 6) is 0.252. The molecule has 1 aromatic rings. The molecule has 2 rings (SSSR count). The van der Waals surface area contributed by atoms with Crippen molar-refractivity contribution < 1.29 is 14.5 Å². The molecule has 1 fully saturated rings. The molecule has 0 radical (unpaired) electrons. The predicted octanol–water partition coefficient (Wildman–Crippen LogP) is 1.14. The van der Waals surface area contributed by atoms with Gasteiger partial charge in [-0.2, -0.15) is 0 Å². The fourth-order valence-electron chi connectivity index (χ4n) is 2.24. The van der Waals surface area contributed by atoms with E-state index < -0.39 is 4.92 Å². The molecule has 0 bridgehead atoms. The molecule has 0 aliphatic carbocycles. The van der Waals surface area contributed by atoms with Crippen LogP contribution in [0.5, 0.6) is 5.75 Å². The van der Waals surface area contributed by atoms with Gasteiger partial charge in [0, 0.05) is 32.2 Å². The van der Waals surface area contributed by atoms with Gasteiger partial charge in [0.15, 0.2) is 6.61 Å². The number of amides is 1. The van der Waals surface area contributed by atoms with E-state index in [-0.39, 0.29) is 18.2 Å². The molecule has 114 valence electrons. The number of likely N-dealkylation sites (N-methyl/N-ethyl adjacent to an activating group) is 1. The van der Waals surface area contributed by atoms with E-state index in [0.29, 0.717) is 18.8 Å². The Bertz CT molecular complexity index is 513. The van der Waals surface area contributed by atoms with Gasteiger partial charge in [0.25, 0.3) is 11.6 Å². The molecule has 0 unspecified atom stereocenters. The second-order valence-corrected chi connectivity index (χ2v) is 4.86. The Kier molecular flexibility index (Phi) is 5.10. The van der Waals surface area contributed by atoms with Crippen molar-refractivity contribution in [3.63, 3.8) is 0 Å². The summed E-state index contributed by atoms with van der Waals surface area (Å²) in [5, 5.41) is 10.7. The molecule has 1 amide bonds. The fraction of sp³-hybridized carbons (Fsp3) is 0.500. The van der Waals surface area contributed by atoms with Gasteiger partial charge in [-0.05, 0) is 12.6 Å². The Morgan fingerprint density at radius 3 is 2.67 bits per heavy atom. The molecule has 1 aromatic carbocycles. The van der Waals surface area contributed by atoms with Gasteiger partial charge in [0.2, 0.25) is 0 Å². The first-order chi connectivity index (χ1) is 10.1. The Morgan fingerprint density at radius 1 is 1.33 bits per heavy atom. The topological polar surface area (TPSA) is 75.9 Å². The Labute approximate surface area is 123 Å². The van der Waals surface area contributed by atoms with Crippen molar-refractivity contribution in [1.29, 1.82) is 0 Å². The van der Waals surface area contributed by atoms with Gasteiger partial charge >= 0.3 is 0 Å². The van der Waals surface area contributed by atoms with Crippen molar-refractivity contribution in [2.24, 2.45) is 0 Å².